The van der Waals surface area contributed by atoms with Crippen LogP contribution in [0.25, 0.3) is 0 Å². The van der Waals surface area contributed by atoms with Gasteiger partial charge in [0.1, 0.15) is 23.2 Å². The first-order chi connectivity index (χ1) is 12.9. The monoisotopic (exact) mass is 378 g/mol. The van der Waals surface area contributed by atoms with Crippen molar-refractivity contribution in [3.8, 4) is 0 Å². The number of amides is 4. The van der Waals surface area contributed by atoms with Crippen LogP contribution in [0.1, 0.15) is 39.5 Å². The maximum atomic E-state index is 13.8. The molecule has 2 fully saturated rings. The highest BCUT2D eigenvalue weighted by atomic mass is 19.1. The van der Waals surface area contributed by atoms with Gasteiger partial charge in [-0.1, -0.05) is 32.8 Å². The number of rotatable bonds is 3. The fraction of sp³-hybridized carbons (Fsp3) is 0.526. The molecule has 4 amide bonds. The van der Waals surface area contributed by atoms with Crippen molar-refractivity contribution in [3.63, 3.8) is 0 Å². The number of nitrogens with one attached hydrogen (secondary N) is 2. The Labute approximate surface area is 157 Å². The van der Waals surface area contributed by atoms with Crippen molar-refractivity contribution in [1.82, 2.24) is 10.2 Å². The fourth-order valence-corrected chi connectivity index (χ4v) is 3.69. The molecule has 2 aliphatic rings. The first-order valence-corrected chi connectivity index (χ1v) is 9.28. The second-order valence-electron chi connectivity index (χ2n) is 7.45. The fourth-order valence-electron chi connectivity index (χ4n) is 3.69. The molecule has 1 aromatic rings. The third-order valence-electron chi connectivity index (χ3n) is 4.89. The van der Waals surface area contributed by atoms with Gasteiger partial charge in [-0.25, -0.2) is 18.4 Å². The summed E-state index contributed by atoms with van der Waals surface area (Å²) in [6.45, 7) is 4.34. The van der Waals surface area contributed by atoms with Gasteiger partial charge >= 0.3 is 12.1 Å². The van der Waals surface area contributed by atoms with Crippen LogP contribution in [0.2, 0.25) is 0 Å². The minimum absolute atomic E-state index is 0.0635. The van der Waals surface area contributed by atoms with Crippen molar-refractivity contribution >= 4 is 23.6 Å². The van der Waals surface area contributed by atoms with E-state index in [1.807, 2.05) is 13.8 Å². The number of urea groups is 2. The van der Waals surface area contributed by atoms with Gasteiger partial charge in [0, 0.05) is 18.5 Å². The number of hydrogen-bond donors (Lipinski definition) is 2. The second-order valence-corrected chi connectivity index (χ2v) is 7.45. The summed E-state index contributed by atoms with van der Waals surface area (Å²) in [6, 6.07) is 2.10. The maximum absolute atomic E-state index is 13.8. The zero-order valence-electron chi connectivity index (χ0n) is 15.5. The molecule has 2 atom stereocenters. The average molecular weight is 378 g/mol. The summed E-state index contributed by atoms with van der Waals surface area (Å²) in [7, 11) is 0. The molecule has 27 heavy (non-hydrogen) atoms. The topological polar surface area (TPSA) is 73.8 Å². The first-order valence-electron chi connectivity index (χ1n) is 9.28. The number of carbonyl (C=O) groups is 2. The Hall–Kier alpha value is -2.51. The molecule has 1 heterocycles. The number of carbonyl (C=O) groups excluding carboxylic acids is 2. The molecule has 0 aromatic heterocycles. The highest BCUT2D eigenvalue weighted by Crippen LogP contribution is 2.30. The molecule has 1 saturated heterocycles. The van der Waals surface area contributed by atoms with Crippen molar-refractivity contribution in [2.24, 2.45) is 16.8 Å². The van der Waals surface area contributed by atoms with Crippen LogP contribution in [0.3, 0.4) is 0 Å². The van der Waals surface area contributed by atoms with Crippen molar-refractivity contribution in [2.45, 2.75) is 45.6 Å². The van der Waals surface area contributed by atoms with E-state index >= 15 is 0 Å². The summed E-state index contributed by atoms with van der Waals surface area (Å²) < 4.78 is 27.6. The number of aliphatic imine (C=N–C) groups is 1. The van der Waals surface area contributed by atoms with E-state index in [-0.39, 0.29) is 23.9 Å². The number of halogens is 2. The molecule has 2 N–H and O–H groups in total. The molecule has 2 unspecified atom stereocenters. The lowest BCUT2D eigenvalue weighted by atomic mass is 9.81. The Balaban J connectivity index is 1.89. The van der Waals surface area contributed by atoms with Gasteiger partial charge in [0.05, 0.1) is 0 Å². The molecular formula is C19H24F2N4O2. The zero-order chi connectivity index (χ0) is 19.6. The van der Waals surface area contributed by atoms with E-state index in [1.54, 1.807) is 0 Å². The van der Waals surface area contributed by atoms with Crippen molar-refractivity contribution in [1.29, 1.82) is 0 Å². The highest BCUT2D eigenvalue weighted by molar-refractivity contribution is 6.08. The molecule has 6 nitrogen and oxygen atoms in total. The molecule has 8 heteroatoms. The van der Waals surface area contributed by atoms with Crippen LogP contribution in [-0.4, -0.2) is 35.4 Å². The minimum Gasteiger partial charge on any atom is -0.334 e. The molecule has 0 bridgehead atoms. The standard InChI is InChI=1S/C19H24F2N4O2/c1-11(2)10-25-17(12-6-3-4-9-15(12)22-19(25)27)24-18(26)23-16-13(20)7-5-8-14(16)21/h5,7-8,11-12,15H,3-4,6,9-10H2,1-2H3,(H,22,27)(H,23,26)/b24-17+. The van der Waals surface area contributed by atoms with Gasteiger partial charge < -0.3 is 10.6 Å². The second kappa shape index (κ2) is 8.02. The summed E-state index contributed by atoms with van der Waals surface area (Å²) in [5, 5.41) is 5.17. The van der Waals surface area contributed by atoms with Gasteiger partial charge in [-0.05, 0) is 30.9 Å². The van der Waals surface area contributed by atoms with E-state index in [0.717, 1.165) is 37.8 Å². The van der Waals surface area contributed by atoms with Crippen LogP contribution in [0.15, 0.2) is 23.2 Å². The van der Waals surface area contributed by atoms with E-state index in [0.29, 0.717) is 12.4 Å². The smallest absolute Gasteiger partial charge is 0.334 e. The van der Waals surface area contributed by atoms with Crippen LogP contribution in [0, 0.1) is 23.5 Å². The number of benzene rings is 1. The molecular weight excluding hydrogens is 354 g/mol. The first kappa shape index (κ1) is 19.3. The lowest BCUT2D eigenvalue weighted by molar-refractivity contribution is 0.185. The molecule has 0 spiro atoms. The van der Waals surface area contributed by atoms with Crippen LogP contribution in [0.5, 0.6) is 0 Å². The van der Waals surface area contributed by atoms with E-state index < -0.39 is 23.4 Å². The van der Waals surface area contributed by atoms with Crippen LogP contribution >= 0.6 is 0 Å². The third-order valence-corrected chi connectivity index (χ3v) is 4.89. The van der Waals surface area contributed by atoms with Crippen LogP contribution in [0.4, 0.5) is 24.1 Å². The van der Waals surface area contributed by atoms with Crippen molar-refractivity contribution < 1.29 is 18.4 Å². The number of nitrogens with zero attached hydrogens (tertiary/aromatic N) is 2. The molecule has 0 radical (unpaired) electrons. The Morgan fingerprint density at radius 1 is 1.30 bits per heavy atom. The summed E-state index contributed by atoms with van der Waals surface area (Å²) in [4.78, 5) is 30.5. The molecule has 1 aliphatic carbocycles. The summed E-state index contributed by atoms with van der Waals surface area (Å²) >= 11 is 0. The van der Waals surface area contributed by atoms with Crippen molar-refractivity contribution in [3.05, 3.63) is 29.8 Å². The van der Waals surface area contributed by atoms with Crippen molar-refractivity contribution in [2.75, 3.05) is 11.9 Å². The van der Waals surface area contributed by atoms with Gasteiger partial charge in [0.15, 0.2) is 0 Å². The molecule has 1 saturated carbocycles. The number of amidine groups is 1. The van der Waals surface area contributed by atoms with Crippen LogP contribution < -0.4 is 10.6 Å². The number of fused-ring (bicyclic) bond motifs is 1. The normalized spacial score (nSPS) is 24.0. The number of para-hydroxylation sites is 1. The quantitative estimate of drug-likeness (QED) is 0.830. The number of anilines is 1. The Kier molecular flexibility index (Phi) is 5.72. The zero-order valence-corrected chi connectivity index (χ0v) is 15.5. The summed E-state index contributed by atoms with van der Waals surface area (Å²) in [5.74, 6) is -1.27. The average Bonchev–Trinajstić information content (AvgIpc) is 2.61. The SMILES string of the molecule is CC(C)CN1C(=O)NC2CCCCC2/C1=N\C(=O)Nc1c(F)cccc1F. The van der Waals surface area contributed by atoms with Gasteiger partial charge in [0.2, 0.25) is 0 Å². The van der Waals surface area contributed by atoms with Gasteiger partial charge in [-0.3, -0.25) is 4.90 Å². The predicted octanol–water partition coefficient (Wildman–Crippen LogP) is 4.14. The Morgan fingerprint density at radius 3 is 2.63 bits per heavy atom. The lowest BCUT2D eigenvalue weighted by Crippen LogP contribution is -2.61. The maximum Gasteiger partial charge on any atom is 0.347 e. The van der Waals surface area contributed by atoms with E-state index in [4.69, 9.17) is 0 Å². The van der Waals surface area contributed by atoms with Gasteiger partial charge in [0.25, 0.3) is 0 Å². The van der Waals surface area contributed by atoms with E-state index in [1.165, 1.54) is 11.0 Å². The Bertz CT molecular complexity index is 746. The largest absolute Gasteiger partial charge is 0.347 e. The highest BCUT2D eigenvalue weighted by Gasteiger charge is 2.40. The number of hydrogen-bond acceptors (Lipinski definition) is 2. The van der Waals surface area contributed by atoms with Gasteiger partial charge in [-0.2, -0.15) is 4.99 Å². The molecule has 1 aromatic carbocycles. The van der Waals surface area contributed by atoms with E-state index in [2.05, 4.69) is 15.6 Å². The Morgan fingerprint density at radius 2 is 1.96 bits per heavy atom. The van der Waals surface area contributed by atoms with Gasteiger partial charge in [-0.15, -0.1) is 0 Å². The minimum atomic E-state index is -0.887. The summed E-state index contributed by atoms with van der Waals surface area (Å²) in [6.07, 6.45) is 3.62. The molecule has 3 rings (SSSR count). The lowest BCUT2D eigenvalue weighted by Gasteiger charge is -2.42. The summed E-state index contributed by atoms with van der Waals surface area (Å²) in [5.41, 5.74) is -0.539. The van der Waals surface area contributed by atoms with E-state index in [9.17, 15) is 18.4 Å². The third kappa shape index (κ3) is 4.26. The molecule has 1 aliphatic heterocycles. The van der Waals surface area contributed by atoms with Crippen LogP contribution in [-0.2, 0) is 0 Å². The molecule has 146 valence electrons. The predicted molar refractivity (Wildman–Crippen MR) is 98.6 cm³/mol.